The molecular formula is C74H141NO5. The number of unbranched alkanes of at least 4 members (excludes halogenated alkanes) is 53. The molecule has 0 heterocycles. The first-order chi connectivity index (χ1) is 39.5. The molecule has 0 saturated heterocycles. The molecule has 0 aromatic heterocycles. The third-order valence-electron chi connectivity index (χ3n) is 16.9. The minimum atomic E-state index is -0.845. The molecular weight excluding hydrogens is 983 g/mol. The maximum Gasteiger partial charge on any atom is 0.305 e. The minimum absolute atomic E-state index is 0.0127. The van der Waals surface area contributed by atoms with Crippen LogP contribution in [0.25, 0.3) is 0 Å². The number of rotatable bonds is 68. The Kier molecular flexibility index (Phi) is 67.9. The van der Waals surface area contributed by atoms with Gasteiger partial charge in [0.1, 0.15) is 0 Å². The van der Waals surface area contributed by atoms with Crippen molar-refractivity contribution in [3.63, 3.8) is 0 Å². The van der Waals surface area contributed by atoms with Crippen molar-refractivity contribution in [3.05, 3.63) is 36.5 Å². The zero-order valence-electron chi connectivity index (χ0n) is 54.1. The third kappa shape index (κ3) is 65.2. The zero-order chi connectivity index (χ0) is 57.8. The van der Waals surface area contributed by atoms with E-state index in [2.05, 4.69) is 43.5 Å². The smallest absolute Gasteiger partial charge is 0.305 e. The molecule has 3 N–H and O–H groups in total. The molecule has 0 radical (unpaired) electrons. The highest BCUT2D eigenvalue weighted by molar-refractivity contribution is 5.76. The van der Waals surface area contributed by atoms with Crippen LogP contribution >= 0.6 is 0 Å². The van der Waals surface area contributed by atoms with Crippen LogP contribution in [0.15, 0.2) is 36.5 Å². The highest BCUT2D eigenvalue weighted by Crippen LogP contribution is 2.18. The van der Waals surface area contributed by atoms with E-state index in [0.717, 1.165) is 44.9 Å². The van der Waals surface area contributed by atoms with Crippen molar-refractivity contribution < 1.29 is 24.5 Å². The minimum Gasteiger partial charge on any atom is -0.466 e. The Labute approximate surface area is 500 Å². The summed E-state index contributed by atoms with van der Waals surface area (Å²) in [5.74, 6) is -0.0522. The molecule has 80 heavy (non-hydrogen) atoms. The average molecular weight is 1120 g/mol. The standard InChI is InChI=1S/C74H141NO5/c1-3-5-7-9-11-13-15-17-19-21-35-38-42-46-50-54-58-62-66-72(77)71(70-76)75-73(78)67-63-59-55-51-47-43-39-36-32-30-28-26-24-22-23-25-27-29-31-33-37-41-45-49-53-57-61-65-69-80-74(79)68-64-60-56-52-48-44-40-34-20-18-16-14-12-10-8-6-4-2/h18,20,22-23,62,66,71-72,76-77H,3-17,19,21,24-61,63-65,67-70H2,1-2H3,(H,75,78)/b20-18-,23-22-,66-62+. The summed E-state index contributed by atoms with van der Waals surface area (Å²) >= 11 is 0. The molecule has 0 fully saturated rings. The van der Waals surface area contributed by atoms with E-state index in [-0.39, 0.29) is 18.5 Å². The molecule has 0 spiro atoms. The molecule has 0 bridgehead atoms. The van der Waals surface area contributed by atoms with Crippen LogP contribution < -0.4 is 5.32 Å². The quantitative estimate of drug-likeness (QED) is 0.0320. The number of ether oxygens (including phenoxy) is 1. The van der Waals surface area contributed by atoms with Crippen LogP contribution in [-0.2, 0) is 14.3 Å². The van der Waals surface area contributed by atoms with E-state index >= 15 is 0 Å². The number of nitrogens with one attached hydrogen (secondary N) is 1. The van der Waals surface area contributed by atoms with Crippen molar-refractivity contribution in [2.24, 2.45) is 0 Å². The topological polar surface area (TPSA) is 95.9 Å². The predicted octanol–water partition coefficient (Wildman–Crippen LogP) is 23.5. The van der Waals surface area contributed by atoms with Gasteiger partial charge in [0.05, 0.1) is 25.4 Å². The molecule has 0 saturated carbocycles. The van der Waals surface area contributed by atoms with Gasteiger partial charge in [-0.25, -0.2) is 0 Å². The number of esters is 1. The van der Waals surface area contributed by atoms with Crippen molar-refractivity contribution >= 4 is 11.9 Å². The summed E-state index contributed by atoms with van der Waals surface area (Å²) < 4.78 is 5.50. The Balaban J connectivity index is 3.39. The fourth-order valence-electron chi connectivity index (χ4n) is 11.3. The molecule has 0 rings (SSSR count). The Morgan fingerprint density at radius 2 is 0.588 bits per heavy atom. The molecule has 0 aliphatic heterocycles. The van der Waals surface area contributed by atoms with E-state index in [0.29, 0.717) is 19.4 Å². The lowest BCUT2D eigenvalue weighted by molar-refractivity contribution is -0.143. The van der Waals surface area contributed by atoms with E-state index in [1.54, 1.807) is 6.08 Å². The van der Waals surface area contributed by atoms with Crippen LogP contribution in [0, 0.1) is 0 Å². The Morgan fingerprint density at radius 1 is 0.338 bits per heavy atom. The molecule has 6 nitrogen and oxygen atoms in total. The van der Waals surface area contributed by atoms with Crippen LogP contribution in [0.1, 0.15) is 399 Å². The van der Waals surface area contributed by atoms with Crippen LogP contribution in [0.3, 0.4) is 0 Å². The Morgan fingerprint density at radius 3 is 0.887 bits per heavy atom. The molecule has 0 aliphatic rings. The lowest BCUT2D eigenvalue weighted by atomic mass is 10.0. The summed E-state index contributed by atoms with van der Waals surface area (Å²) in [5, 5.41) is 23.2. The maximum atomic E-state index is 12.5. The summed E-state index contributed by atoms with van der Waals surface area (Å²) in [6.45, 7) is 4.93. The van der Waals surface area contributed by atoms with E-state index < -0.39 is 12.1 Å². The highest BCUT2D eigenvalue weighted by atomic mass is 16.5. The van der Waals surface area contributed by atoms with Gasteiger partial charge >= 0.3 is 5.97 Å². The number of carbonyl (C=O) groups excluding carboxylic acids is 2. The van der Waals surface area contributed by atoms with E-state index in [4.69, 9.17) is 4.74 Å². The highest BCUT2D eigenvalue weighted by Gasteiger charge is 2.18. The van der Waals surface area contributed by atoms with Crippen LogP contribution in [-0.4, -0.2) is 47.4 Å². The molecule has 1 amide bonds. The second-order valence-electron chi connectivity index (χ2n) is 24.9. The van der Waals surface area contributed by atoms with Crippen LogP contribution in [0.4, 0.5) is 0 Å². The fraction of sp³-hybridized carbons (Fsp3) is 0.892. The summed E-state index contributed by atoms with van der Waals surface area (Å²) in [6.07, 6.45) is 89.4. The first kappa shape index (κ1) is 78.1. The lowest BCUT2D eigenvalue weighted by Gasteiger charge is -2.20. The summed E-state index contributed by atoms with van der Waals surface area (Å²) in [6, 6.07) is -0.629. The summed E-state index contributed by atoms with van der Waals surface area (Å²) in [7, 11) is 0. The molecule has 2 atom stereocenters. The molecule has 6 heteroatoms. The number of allylic oxidation sites excluding steroid dienone is 5. The van der Waals surface area contributed by atoms with Gasteiger partial charge in [0.15, 0.2) is 0 Å². The lowest BCUT2D eigenvalue weighted by Crippen LogP contribution is -2.45. The van der Waals surface area contributed by atoms with Gasteiger partial charge in [-0.1, -0.05) is 339 Å². The molecule has 0 aromatic carbocycles. The first-order valence-electron chi connectivity index (χ1n) is 36.3. The Hall–Kier alpha value is -1.92. The fourth-order valence-corrected chi connectivity index (χ4v) is 11.3. The number of aliphatic hydroxyl groups excluding tert-OH is 2. The zero-order valence-corrected chi connectivity index (χ0v) is 54.1. The largest absolute Gasteiger partial charge is 0.466 e. The summed E-state index contributed by atoms with van der Waals surface area (Å²) in [5.41, 5.74) is 0. The van der Waals surface area contributed by atoms with Crippen molar-refractivity contribution in [2.45, 2.75) is 411 Å². The second kappa shape index (κ2) is 69.6. The maximum absolute atomic E-state index is 12.5. The SMILES string of the molecule is CCCCCCCC/C=C\CCCCCCCCCC(=O)OCCCCCCCCCCCCCC/C=C\CCCCCCCCCCCCCCC(=O)NC(CO)C(O)/C=C/CCCCCCCCCCCCCCCCCC. The molecule has 0 aromatic rings. The third-order valence-corrected chi connectivity index (χ3v) is 16.9. The van der Waals surface area contributed by atoms with Gasteiger partial charge in [-0.05, 0) is 83.5 Å². The van der Waals surface area contributed by atoms with Gasteiger partial charge in [0.2, 0.25) is 5.91 Å². The van der Waals surface area contributed by atoms with Gasteiger partial charge in [0, 0.05) is 12.8 Å². The van der Waals surface area contributed by atoms with Crippen molar-refractivity contribution in [3.8, 4) is 0 Å². The molecule has 2 unspecified atom stereocenters. The van der Waals surface area contributed by atoms with Gasteiger partial charge < -0.3 is 20.3 Å². The average Bonchev–Trinajstić information content (AvgIpc) is 3.46. The van der Waals surface area contributed by atoms with Crippen LogP contribution in [0.5, 0.6) is 0 Å². The molecule has 472 valence electrons. The van der Waals surface area contributed by atoms with E-state index in [9.17, 15) is 19.8 Å². The van der Waals surface area contributed by atoms with Crippen LogP contribution in [0.2, 0.25) is 0 Å². The number of hydrogen-bond acceptors (Lipinski definition) is 5. The second-order valence-corrected chi connectivity index (χ2v) is 24.9. The van der Waals surface area contributed by atoms with Gasteiger partial charge in [0.25, 0.3) is 0 Å². The van der Waals surface area contributed by atoms with E-state index in [1.807, 2.05) is 6.08 Å². The van der Waals surface area contributed by atoms with E-state index in [1.165, 1.54) is 327 Å². The monoisotopic (exact) mass is 1120 g/mol. The van der Waals surface area contributed by atoms with Gasteiger partial charge in [-0.15, -0.1) is 0 Å². The number of amides is 1. The van der Waals surface area contributed by atoms with Crippen molar-refractivity contribution in [1.82, 2.24) is 5.32 Å². The van der Waals surface area contributed by atoms with Gasteiger partial charge in [-0.3, -0.25) is 9.59 Å². The summed E-state index contributed by atoms with van der Waals surface area (Å²) in [4.78, 5) is 24.6. The number of aliphatic hydroxyl groups is 2. The van der Waals surface area contributed by atoms with Crippen molar-refractivity contribution in [1.29, 1.82) is 0 Å². The first-order valence-corrected chi connectivity index (χ1v) is 36.3. The number of carbonyl (C=O) groups is 2. The normalized spacial score (nSPS) is 12.7. The Bertz CT molecular complexity index is 1300. The van der Waals surface area contributed by atoms with Crippen molar-refractivity contribution in [2.75, 3.05) is 13.2 Å². The number of hydrogen-bond donors (Lipinski definition) is 3. The predicted molar refractivity (Wildman–Crippen MR) is 352 cm³/mol. The van der Waals surface area contributed by atoms with Gasteiger partial charge in [-0.2, -0.15) is 0 Å². The molecule has 0 aliphatic carbocycles.